The van der Waals surface area contributed by atoms with Gasteiger partial charge in [-0.3, -0.25) is 4.90 Å². The van der Waals surface area contributed by atoms with Gasteiger partial charge >= 0.3 is 6.18 Å². The SMILES string of the molecule is CC1Cc2c(c3cc(Cl)ccc3n2CCc2ccc(C(F)(F)F)cc2)CN1C. The van der Waals surface area contributed by atoms with Crippen LogP contribution in [-0.2, 0) is 32.1 Å². The zero-order valence-corrected chi connectivity index (χ0v) is 16.6. The van der Waals surface area contributed by atoms with Gasteiger partial charge in [-0.15, -0.1) is 0 Å². The lowest BCUT2D eigenvalue weighted by Crippen LogP contribution is -2.35. The first-order valence-corrected chi connectivity index (χ1v) is 9.77. The summed E-state index contributed by atoms with van der Waals surface area (Å²) in [5.74, 6) is 0. The monoisotopic (exact) mass is 406 g/mol. The van der Waals surface area contributed by atoms with Crippen LogP contribution in [0.4, 0.5) is 13.2 Å². The van der Waals surface area contributed by atoms with E-state index in [1.165, 1.54) is 16.6 Å². The molecule has 1 aliphatic heterocycles. The van der Waals surface area contributed by atoms with Crippen LogP contribution in [0.2, 0.25) is 5.02 Å². The number of hydrogen-bond acceptors (Lipinski definition) is 1. The van der Waals surface area contributed by atoms with Crippen molar-refractivity contribution in [2.24, 2.45) is 0 Å². The van der Waals surface area contributed by atoms with Gasteiger partial charge < -0.3 is 4.57 Å². The van der Waals surface area contributed by atoms with Crippen LogP contribution in [0.3, 0.4) is 0 Å². The van der Waals surface area contributed by atoms with Gasteiger partial charge in [0.1, 0.15) is 0 Å². The average Bonchev–Trinajstić information content (AvgIpc) is 2.92. The van der Waals surface area contributed by atoms with E-state index < -0.39 is 11.7 Å². The van der Waals surface area contributed by atoms with Crippen LogP contribution in [0, 0.1) is 0 Å². The van der Waals surface area contributed by atoms with E-state index in [-0.39, 0.29) is 0 Å². The number of aryl methyl sites for hydroxylation is 2. The molecule has 28 heavy (non-hydrogen) atoms. The molecular formula is C22H22ClF3N2. The predicted octanol–water partition coefficient (Wildman–Crippen LogP) is 5.93. The predicted molar refractivity (Wildman–Crippen MR) is 107 cm³/mol. The van der Waals surface area contributed by atoms with Crippen LogP contribution >= 0.6 is 11.6 Å². The minimum Gasteiger partial charge on any atom is -0.344 e. The van der Waals surface area contributed by atoms with Gasteiger partial charge in [0.05, 0.1) is 5.56 Å². The van der Waals surface area contributed by atoms with Crippen molar-refractivity contribution in [1.29, 1.82) is 0 Å². The number of aromatic nitrogens is 1. The van der Waals surface area contributed by atoms with Crippen molar-refractivity contribution < 1.29 is 13.2 Å². The van der Waals surface area contributed by atoms with Gasteiger partial charge in [0, 0.05) is 47.2 Å². The number of alkyl halides is 3. The van der Waals surface area contributed by atoms with Gasteiger partial charge in [0.2, 0.25) is 0 Å². The molecule has 6 heteroatoms. The van der Waals surface area contributed by atoms with Crippen molar-refractivity contribution in [1.82, 2.24) is 9.47 Å². The third-order valence-corrected chi connectivity index (χ3v) is 6.04. The summed E-state index contributed by atoms with van der Waals surface area (Å²) in [5.41, 5.74) is 4.06. The fraction of sp³-hybridized carbons (Fsp3) is 0.364. The lowest BCUT2D eigenvalue weighted by atomic mass is 10.00. The summed E-state index contributed by atoms with van der Waals surface area (Å²) in [7, 11) is 2.13. The van der Waals surface area contributed by atoms with Gasteiger partial charge in [-0.2, -0.15) is 13.2 Å². The molecule has 1 atom stereocenters. The molecule has 1 unspecified atom stereocenters. The van der Waals surface area contributed by atoms with Gasteiger partial charge in [0.25, 0.3) is 0 Å². The van der Waals surface area contributed by atoms with Crippen LogP contribution in [0.15, 0.2) is 42.5 Å². The number of halogens is 4. The lowest BCUT2D eigenvalue weighted by molar-refractivity contribution is -0.137. The number of rotatable bonds is 3. The van der Waals surface area contributed by atoms with Crippen LogP contribution in [-0.4, -0.2) is 22.6 Å². The van der Waals surface area contributed by atoms with Crippen LogP contribution in [0.1, 0.15) is 29.3 Å². The normalized spacial score (nSPS) is 17.9. The minimum atomic E-state index is -4.30. The Morgan fingerprint density at radius 3 is 2.50 bits per heavy atom. The molecule has 2 aromatic carbocycles. The molecule has 2 nitrogen and oxygen atoms in total. The molecule has 0 N–H and O–H groups in total. The van der Waals surface area contributed by atoms with E-state index in [1.807, 2.05) is 18.2 Å². The van der Waals surface area contributed by atoms with E-state index in [0.717, 1.165) is 47.7 Å². The quantitative estimate of drug-likeness (QED) is 0.523. The maximum Gasteiger partial charge on any atom is 0.416 e. The number of nitrogens with zero attached hydrogens (tertiary/aromatic N) is 2. The Kier molecular flexibility index (Phi) is 4.92. The Hall–Kier alpha value is -1.98. The van der Waals surface area contributed by atoms with Crippen LogP contribution in [0.5, 0.6) is 0 Å². The molecule has 0 fully saturated rings. The van der Waals surface area contributed by atoms with E-state index in [9.17, 15) is 13.2 Å². The Bertz CT molecular complexity index is 1010. The number of likely N-dealkylation sites (N-methyl/N-ethyl adjacent to an activating group) is 1. The molecule has 2 heterocycles. The third kappa shape index (κ3) is 3.53. The Balaban J connectivity index is 1.66. The zero-order valence-electron chi connectivity index (χ0n) is 15.9. The van der Waals surface area contributed by atoms with Crippen molar-refractivity contribution in [3.63, 3.8) is 0 Å². The highest BCUT2D eigenvalue weighted by Crippen LogP contribution is 2.34. The summed E-state index contributed by atoms with van der Waals surface area (Å²) in [6.07, 6.45) is -2.66. The number of hydrogen-bond donors (Lipinski definition) is 0. The summed E-state index contributed by atoms with van der Waals surface area (Å²) >= 11 is 6.25. The first kappa shape index (κ1) is 19.3. The molecule has 1 aromatic heterocycles. The summed E-state index contributed by atoms with van der Waals surface area (Å²) in [5, 5.41) is 1.89. The molecule has 0 bridgehead atoms. The summed E-state index contributed by atoms with van der Waals surface area (Å²) in [6.45, 7) is 3.82. The Labute approximate surface area is 167 Å². The minimum absolute atomic E-state index is 0.442. The van der Waals surface area contributed by atoms with Crippen molar-refractivity contribution >= 4 is 22.5 Å². The van der Waals surface area contributed by atoms with Gasteiger partial charge in [-0.1, -0.05) is 23.7 Å². The molecule has 0 radical (unpaired) electrons. The molecule has 1 aliphatic rings. The van der Waals surface area contributed by atoms with E-state index in [0.29, 0.717) is 12.5 Å². The fourth-order valence-electron chi connectivity index (χ4n) is 4.06. The maximum atomic E-state index is 12.8. The summed E-state index contributed by atoms with van der Waals surface area (Å²) in [4.78, 5) is 2.34. The standard InChI is InChI=1S/C22H22ClF3N2/c1-14-11-21-19(13-27(14)2)18-12-17(23)7-8-20(18)28(21)10-9-15-3-5-16(6-4-15)22(24,25)26/h3-8,12,14H,9-11,13H2,1-2H3. The average molecular weight is 407 g/mol. The summed E-state index contributed by atoms with van der Waals surface area (Å²) in [6, 6.07) is 11.9. The molecule has 0 spiro atoms. The van der Waals surface area contributed by atoms with E-state index in [1.54, 1.807) is 12.1 Å². The van der Waals surface area contributed by atoms with E-state index in [2.05, 4.69) is 23.4 Å². The highest BCUT2D eigenvalue weighted by molar-refractivity contribution is 6.31. The number of fused-ring (bicyclic) bond motifs is 3. The molecule has 0 amide bonds. The second-order valence-electron chi connectivity index (χ2n) is 7.65. The second-order valence-corrected chi connectivity index (χ2v) is 8.09. The first-order valence-electron chi connectivity index (χ1n) is 9.40. The summed E-state index contributed by atoms with van der Waals surface area (Å²) < 4.78 is 40.6. The second kappa shape index (κ2) is 7.12. The number of benzene rings is 2. The van der Waals surface area contributed by atoms with Gasteiger partial charge in [-0.25, -0.2) is 0 Å². The smallest absolute Gasteiger partial charge is 0.344 e. The molecule has 0 saturated carbocycles. The van der Waals surface area contributed by atoms with Crippen LogP contribution < -0.4 is 0 Å². The van der Waals surface area contributed by atoms with Gasteiger partial charge in [0.15, 0.2) is 0 Å². The zero-order chi connectivity index (χ0) is 20.1. The fourth-order valence-corrected chi connectivity index (χ4v) is 4.23. The lowest BCUT2D eigenvalue weighted by Gasteiger charge is -2.31. The van der Waals surface area contributed by atoms with Crippen LogP contribution in [0.25, 0.3) is 10.9 Å². The first-order chi connectivity index (χ1) is 13.2. The van der Waals surface area contributed by atoms with Crippen molar-refractivity contribution in [3.8, 4) is 0 Å². The van der Waals surface area contributed by atoms with Gasteiger partial charge in [-0.05, 0) is 61.9 Å². The maximum absolute atomic E-state index is 12.8. The van der Waals surface area contributed by atoms with Crippen molar-refractivity contribution in [3.05, 3.63) is 69.9 Å². The molecule has 3 aromatic rings. The van der Waals surface area contributed by atoms with E-state index in [4.69, 9.17) is 11.6 Å². The highest BCUT2D eigenvalue weighted by Gasteiger charge is 2.30. The Morgan fingerprint density at radius 1 is 1.11 bits per heavy atom. The molecular weight excluding hydrogens is 385 g/mol. The topological polar surface area (TPSA) is 8.17 Å². The van der Waals surface area contributed by atoms with Crippen molar-refractivity contribution in [2.45, 2.75) is 45.1 Å². The Morgan fingerprint density at radius 2 is 1.82 bits per heavy atom. The molecule has 4 rings (SSSR count). The largest absolute Gasteiger partial charge is 0.416 e. The highest BCUT2D eigenvalue weighted by atomic mass is 35.5. The van der Waals surface area contributed by atoms with E-state index >= 15 is 0 Å². The molecule has 0 saturated heterocycles. The van der Waals surface area contributed by atoms with Crippen molar-refractivity contribution in [2.75, 3.05) is 7.05 Å². The molecule has 0 aliphatic carbocycles. The molecule has 148 valence electrons. The third-order valence-electron chi connectivity index (χ3n) is 5.80.